The van der Waals surface area contributed by atoms with Gasteiger partial charge in [0.25, 0.3) is 0 Å². The van der Waals surface area contributed by atoms with Crippen molar-refractivity contribution >= 4 is 23.1 Å². The second kappa shape index (κ2) is 7.88. The van der Waals surface area contributed by atoms with E-state index < -0.39 is 18.8 Å². The van der Waals surface area contributed by atoms with E-state index in [9.17, 15) is 13.2 Å². The fourth-order valence-electron chi connectivity index (χ4n) is 3.43. The fourth-order valence-corrected chi connectivity index (χ4v) is 3.63. The van der Waals surface area contributed by atoms with Gasteiger partial charge in [-0.2, -0.15) is 22.7 Å². The van der Waals surface area contributed by atoms with E-state index in [2.05, 4.69) is 20.4 Å². The minimum atomic E-state index is -4.23. The second-order valence-electron chi connectivity index (χ2n) is 6.97. The van der Waals surface area contributed by atoms with Gasteiger partial charge in [-0.3, -0.25) is 4.90 Å². The quantitative estimate of drug-likeness (QED) is 0.795. The minimum Gasteiger partial charge on any atom is -0.459 e. The summed E-state index contributed by atoms with van der Waals surface area (Å²) in [6.45, 7) is 0.900. The zero-order chi connectivity index (χ0) is 19.7. The second-order valence-corrected chi connectivity index (χ2v) is 7.33. The van der Waals surface area contributed by atoms with E-state index in [0.717, 1.165) is 12.8 Å². The number of nitrogens with one attached hydrogen (secondary N) is 1. The van der Waals surface area contributed by atoms with Crippen LogP contribution in [0.25, 0.3) is 5.52 Å². The van der Waals surface area contributed by atoms with E-state index in [4.69, 9.17) is 21.1 Å². The highest BCUT2D eigenvalue weighted by Crippen LogP contribution is 2.26. The van der Waals surface area contributed by atoms with Gasteiger partial charge in [0.1, 0.15) is 11.6 Å². The molecule has 4 heterocycles. The van der Waals surface area contributed by atoms with E-state index in [1.54, 1.807) is 6.20 Å². The number of imidazole rings is 1. The average molecular weight is 421 g/mol. The highest BCUT2D eigenvalue weighted by molar-refractivity contribution is 6.32. The molecule has 4 rings (SSSR count). The van der Waals surface area contributed by atoms with Crippen LogP contribution in [-0.4, -0.2) is 75.7 Å². The number of aromatic nitrogens is 4. The predicted molar refractivity (Wildman–Crippen MR) is 94.8 cm³/mol. The van der Waals surface area contributed by atoms with Crippen LogP contribution in [0, 0.1) is 0 Å². The van der Waals surface area contributed by atoms with Gasteiger partial charge in [0.05, 0.1) is 12.7 Å². The van der Waals surface area contributed by atoms with Gasteiger partial charge in [0.2, 0.25) is 5.95 Å². The van der Waals surface area contributed by atoms with E-state index in [1.807, 2.05) is 0 Å². The summed E-state index contributed by atoms with van der Waals surface area (Å²) in [4.78, 5) is 9.73. The number of alkyl halides is 3. The van der Waals surface area contributed by atoms with Gasteiger partial charge in [0, 0.05) is 32.3 Å². The zero-order valence-electron chi connectivity index (χ0n) is 15.0. The number of halogens is 4. The molecule has 2 fully saturated rings. The van der Waals surface area contributed by atoms with Crippen molar-refractivity contribution in [2.24, 2.45) is 0 Å². The maximum Gasteiger partial charge on any atom is 0.401 e. The Labute approximate surface area is 164 Å². The predicted octanol–water partition coefficient (Wildman–Crippen LogP) is 2.38. The van der Waals surface area contributed by atoms with Crippen molar-refractivity contribution in [2.45, 2.75) is 37.6 Å². The van der Waals surface area contributed by atoms with Crippen molar-refractivity contribution in [1.29, 1.82) is 0 Å². The van der Waals surface area contributed by atoms with Gasteiger partial charge >= 0.3 is 12.2 Å². The van der Waals surface area contributed by atoms with Crippen LogP contribution in [0.2, 0.25) is 5.15 Å². The summed E-state index contributed by atoms with van der Waals surface area (Å²) in [6, 6.07) is 0.358. The lowest BCUT2D eigenvalue weighted by Crippen LogP contribution is -2.34. The zero-order valence-corrected chi connectivity index (χ0v) is 15.7. The SMILES string of the molecule is FC(F)(F)CN1CCC(Oc2nc(Cl)c3cnc(NC4CCOCC4)nn23)C1. The fraction of sp³-hybridized carbons (Fsp3) is 0.688. The largest absolute Gasteiger partial charge is 0.459 e. The number of likely N-dealkylation sites (tertiary alicyclic amines) is 1. The molecular formula is C16H20ClF3N6O2. The first kappa shape index (κ1) is 19.5. The Morgan fingerprint density at radius 2 is 2.07 bits per heavy atom. The average Bonchev–Trinajstić information content (AvgIpc) is 3.19. The molecule has 0 aromatic carbocycles. The molecule has 1 atom stereocenters. The van der Waals surface area contributed by atoms with Crippen LogP contribution in [0.4, 0.5) is 19.1 Å². The molecule has 1 unspecified atom stereocenters. The lowest BCUT2D eigenvalue weighted by molar-refractivity contribution is -0.144. The van der Waals surface area contributed by atoms with Crippen LogP contribution < -0.4 is 10.1 Å². The number of anilines is 1. The third kappa shape index (κ3) is 4.58. The van der Waals surface area contributed by atoms with Gasteiger partial charge < -0.3 is 14.8 Å². The van der Waals surface area contributed by atoms with Crippen molar-refractivity contribution in [3.63, 3.8) is 0 Å². The molecule has 2 aliphatic rings. The Hall–Kier alpha value is -1.85. The summed E-state index contributed by atoms with van der Waals surface area (Å²) < 4.78 is 50.3. The van der Waals surface area contributed by atoms with Gasteiger partial charge in [-0.05, 0) is 19.3 Å². The minimum absolute atomic E-state index is 0.149. The first-order chi connectivity index (χ1) is 13.4. The molecule has 2 aromatic rings. The third-order valence-corrected chi connectivity index (χ3v) is 5.06. The first-order valence-corrected chi connectivity index (χ1v) is 9.46. The Bertz CT molecular complexity index is 827. The molecule has 2 aromatic heterocycles. The van der Waals surface area contributed by atoms with E-state index in [1.165, 1.54) is 9.42 Å². The molecule has 0 aliphatic carbocycles. The van der Waals surface area contributed by atoms with Gasteiger partial charge in [-0.1, -0.05) is 11.6 Å². The summed E-state index contributed by atoms with van der Waals surface area (Å²) in [5.74, 6) is 0.406. The van der Waals surface area contributed by atoms with Crippen molar-refractivity contribution < 1.29 is 22.6 Å². The standard InChI is InChI=1S/C16H20ClF3N6O2/c17-13-12-7-21-14(22-10-2-5-27-6-3-10)24-26(12)15(23-13)28-11-1-4-25(8-11)9-16(18,19)20/h7,10-11H,1-6,8-9H2,(H,22,24). The first-order valence-electron chi connectivity index (χ1n) is 9.09. The molecule has 8 nitrogen and oxygen atoms in total. The molecule has 0 spiro atoms. The third-order valence-electron chi connectivity index (χ3n) is 4.78. The topological polar surface area (TPSA) is 76.8 Å². The maximum atomic E-state index is 12.6. The highest BCUT2D eigenvalue weighted by atomic mass is 35.5. The Balaban J connectivity index is 1.47. The molecule has 0 radical (unpaired) electrons. The smallest absolute Gasteiger partial charge is 0.401 e. The lowest BCUT2D eigenvalue weighted by atomic mass is 10.1. The van der Waals surface area contributed by atoms with Crippen molar-refractivity contribution in [3.8, 4) is 6.01 Å². The Morgan fingerprint density at radius 1 is 1.29 bits per heavy atom. The van der Waals surface area contributed by atoms with Gasteiger partial charge in [0.15, 0.2) is 5.15 Å². The van der Waals surface area contributed by atoms with E-state index >= 15 is 0 Å². The maximum absolute atomic E-state index is 12.6. The number of ether oxygens (including phenoxy) is 2. The van der Waals surface area contributed by atoms with Crippen LogP contribution in [-0.2, 0) is 4.74 Å². The highest BCUT2D eigenvalue weighted by Gasteiger charge is 2.35. The molecule has 154 valence electrons. The summed E-state index contributed by atoms with van der Waals surface area (Å²) >= 11 is 6.14. The number of fused-ring (bicyclic) bond motifs is 1. The normalized spacial score (nSPS) is 22.1. The lowest BCUT2D eigenvalue weighted by Gasteiger charge is -2.22. The summed E-state index contributed by atoms with van der Waals surface area (Å²) in [7, 11) is 0. The molecule has 0 bridgehead atoms. The van der Waals surface area contributed by atoms with Gasteiger partial charge in [-0.25, -0.2) is 4.98 Å². The molecule has 1 N–H and O–H groups in total. The van der Waals surface area contributed by atoms with Crippen LogP contribution in [0.1, 0.15) is 19.3 Å². The van der Waals surface area contributed by atoms with Crippen molar-refractivity contribution in [1.82, 2.24) is 24.5 Å². The molecule has 12 heteroatoms. The Morgan fingerprint density at radius 3 is 2.82 bits per heavy atom. The van der Waals surface area contributed by atoms with Crippen LogP contribution in [0.3, 0.4) is 0 Å². The van der Waals surface area contributed by atoms with Crippen LogP contribution in [0.5, 0.6) is 6.01 Å². The molecule has 0 saturated carbocycles. The summed E-state index contributed by atoms with van der Waals surface area (Å²) in [5.41, 5.74) is 0.472. The van der Waals surface area contributed by atoms with E-state index in [-0.39, 0.29) is 23.8 Å². The van der Waals surface area contributed by atoms with Crippen LogP contribution >= 0.6 is 11.6 Å². The number of rotatable bonds is 5. The number of hydrogen-bond acceptors (Lipinski definition) is 7. The van der Waals surface area contributed by atoms with Gasteiger partial charge in [-0.15, -0.1) is 5.10 Å². The number of nitrogens with zero attached hydrogens (tertiary/aromatic N) is 5. The molecule has 2 saturated heterocycles. The number of hydrogen-bond donors (Lipinski definition) is 1. The molecular weight excluding hydrogens is 401 g/mol. The van der Waals surface area contributed by atoms with Crippen molar-refractivity contribution in [3.05, 3.63) is 11.3 Å². The van der Waals surface area contributed by atoms with Crippen LogP contribution in [0.15, 0.2) is 6.20 Å². The molecule has 0 amide bonds. The summed E-state index contributed by atoms with van der Waals surface area (Å²) in [5, 5.41) is 7.83. The Kier molecular flexibility index (Phi) is 5.48. The monoisotopic (exact) mass is 420 g/mol. The summed E-state index contributed by atoms with van der Waals surface area (Å²) in [6.07, 6.45) is -0.914. The molecule has 2 aliphatic heterocycles. The van der Waals surface area contributed by atoms with Crippen molar-refractivity contribution in [2.75, 3.05) is 38.2 Å². The van der Waals surface area contributed by atoms with E-state index in [0.29, 0.717) is 37.6 Å². The molecule has 28 heavy (non-hydrogen) atoms.